The summed E-state index contributed by atoms with van der Waals surface area (Å²) in [6.07, 6.45) is 7.43. The SMILES string of the molecule is CN(C(=O)COc1ccc2ccccc2c1)C1CCCCC1N1CCCC1. The van der Waals surface area contributed by atoms with E-state index in [9.17, 15) is 4.79 Å². The van der Waals surface area contributed by atoms with E-state index in [2.05, 4.69) is 17.0 Å². The van der Waals surface area contributed by atoms with Crippen molar-refractivity contribution >= 4 is 16.7 Å². The minimum Gasteiger partial charge on any atom is -0.484 e. The minimum absolute atomic E-state index is 0.0826. The van der Waals surface area contributed by atoms with Gasteiger partial charge in [-0.25, -0.2) is 0 Å². The maximum atomic E-state index is 12.8. The molecule has 4 nitrogen and oxygen atoms in total. The van der Waals surface area contributed by atoms with Crippen LogP contribution < -0.4 is 4.74 Å². The van der Waals surface area contributed by atoms with Crippen molar-refractivity contribution in [2.45, 2.75) is 50.6 Å². The summed E-state index contributed by atoms with van der Waals surface area (Å²) in [4.78, 5) is 17.4. The lowest BCUT2D eigenvalue weighted by atomic mass is 9.88. The lowest BCUT2D eigenvalue weighted by Crippen LogP contribution is -2.53. The molecule has 2 aliphatic rings. The largest absolute Gasteiger partial charge is 0.484 e. The molecule has 0 radical (unpaired) electrons. The van der Waals surface area contributed by atoms with E-state index >= 15 is 0 Å². The van der Waals surface area contributed by atoms with Gasteiger partial charge in [0.15, 0.2) is 6.61 Å². The van der Waals surface area contributed by atoms with Gasteiger partial charge in [-0.1, -0.05) is 43.2 Å². The number of ether oxygens (including phenoxy) is 1. The van der Waals surface area contributed by atoms with Gasteiger partial charge in [0.2, 0.25) is 0 Å². The van der Waals surface area contributed by atoms with Crippen molar-refractivity contribution in [3.05, 3.63) is 42.5 Å². The molecule has 0 bridgehead atoms. The summed E-state index contributed by atoms with van der Waals surface area (Å²) in [5.74, 6) is 0.842. The standard InChI is InChI=1S/C23H30N2O2/c1-24(21-10-4-5-11-22(21)25-14-6-7-15-25)23(26)17-27-20-13-12-18-8-2-3-9-19(18)16-20/h2-3,8-9,12-13,16,21-22H,4-7,10-11,14-15,17H2,1H3. The summed E-state index contributed by atoms with van der Waals surface area (Å²) >= 11 is 0. The van der Waals surface area contributed by atoms with Gasteiger partial charge in [0.05, 0.1) is 0 Å². The minimum atomic E-state index is 0.0826. The van der Waals surface area contributed by atoms with Crippen molar-refractivity contribution in [2.24, 2.45) is 0 Å². The summed E-state index contributed by atoms with van der Waals surface area (Å²) in [5, 5.41) is 2.32. The molecule has 0 aromatic heterocycles. The van der Waals surface area contributed by atoms with Gasteiger partial charge in [-0.2, -0.15) is 0 Å². The average molecular weight is 367 g/mol. The van der Waals surface area contributed by atoms with Gasteiger partial charge in [-0.15, -0.1) is 0 Å². The smallest absolute Gasteiger partial charge is 0.260 e. The van der Waals surface area contributed by atoms with Crippen molar-refractivity contribution < 1.29 is 9.53 Å². The first-order chi connectivity index (χ1) is 13.2. The van der Waals surface area contributed by atoms with Crippen molar-refractivity contribution in [3.63, 3.8) is 0 Å². The third-order valence-electron chi connectivity index (χ3n) is 6.28. The Hall–Kier alpha value is -2.07. The topological polar surface area (TPSA) is 32.8 Å². The molecule has 2 atom stereocenters. The molecular weight excluding hydrogens is 336 g/mol. The Morgan fingerprint density at radius 1 is 1.04 bits per heavy atom. The molecule has 1 aliphatic heterocycles. The lowest BCUT2D eigenvalue weighted by Gasteiger charge is -2.42. The van der Waals surface area contributed by atoms with Crippen LogP contribution in [0.2, 0.25) is 0 Å². The quantitative estimate of drug-likeness (QED) is 0.799. The normalized spacial score (nSPS) is 23.4. The molecule has 144 valence electrons. The first-order valence-corrected chi connectivity index (χ1v) is 10.3. The van der Waals surface area contributed by atoms with Crippen LogP contribution in [0.5, 0.6) is 5.75 Å². The highest BCUT2D eigenvalue weighted by molar-refractivity contribution is 5.84. The molecule has 0 N–H and O–H groups in total. The fourth-order valence-corrected chi connectivity index (χ4v) is 4.73. The van der Waals surface area contributed by atoms with E-state index < -0.39 is 0 Å². The first kappa shape index (κ1) is 18.3. The highest BCUT2D eigenvalue weighted by atomic mass is 16.5. The molecule has 1 heterocycles. The predicted molar refractivity (Wildman–Crippen MR) is 109 cm³/mol. The summed E-state index contributed by atoms with van der Waals surface area (Å²) in [7, 11) is 1.96. The third-order valence-corrected chi connectivity index (χ3v) is 6.28. The van der Waals surface area contributed by atoms with E-state index in [1.807, 2.05) is 42.3 Å². The van der Waals surface area contributed by atoms with Crippen LogP contribution in [0.15, 0.2) is 42.5 Å². The summed E-state index contributed by atoms with van der Waals surface area (Å²) in [6, 6.07) is 15.1. The zero-order valence-electron chi connectivity index (χ0n) is 16.3. The summed E-state index contributed by atoms with van der Waals surface area (Å²) < 4.78 is 5.84. The van der Waals surface area contributed by atoms with Crippen molar-refractivity contribution in [1.29, 1.82) is 0 Å². The van der Waals surface area contributed by atoms with Gasteiger partial charge in [0.1, 0.15) is 5.75 Å². The van der Waals surface area contributed by atoms with Gasteiger partial charge in [-0.05, 0) is 61.7 Å². The van der Waals surface area contributed by atoms with Crippen molar-refractivity contribution in [2.75, 3.05) is 26.7 Å². The van der Waals surface area contributed by atoms with Crippen LogP contribution in [0.1, 0.15) is 38.5 Å². The molecule has 1 saturated carbocycles. The van der Waals surface area contributed by atoms with Gasteiger partial charge in [0.25, 0.3) is 5.91 Å². The van der Waals surface area contributed by atoms with Crippen LogP contribution in [0.4, 0.5) is 0 Å². The molecule has 27 heavy (non-hydrogen) atoms. The Balaban J connectivity index is 1.38. The molecule has 1 amide bonds. The van der Waals surface area contributed by atoms with E-state index in [1.165, 1.54) is 50.6 Å². The van der Waals surface area contributed by atoms with E-state index in [0.717, 1.165) is 17.6 Å². The number of likely N-dealkylation sites (N-methyl/N-ethyl adjacent to an activating group) is 1. The second-order valence-electron chi connectivity index (χ2n) is 7.96. The van der Waals surface area contributed by atoms with Crippen LogP contribution in [-0.4, -0.2) is 54.5 Å². The molecule has 1 saturated heterocycles. The zero-order valence-corrected chi connectivity index (χ0v) is 16.3. The summed E-state index contributed by atoms with van der Waals surface area (Å²) in [6.45, 7) is 2.49. The number of rotatable bonds is 5. The average Bonchev–Trinajstić information content (AvgIpc) is 3.26. The Labute approximate surface area is 162 Å². The maximum absolute atomic E-state index is 12.8. The monoisotopic (exact) mass is 366 g/mol. The number of likely N-dealkylation sites (tertiary alicyclic amines) is 1. The van der Waals surface area contributed by atoms with Crippen LogP contribution >= 0.6 is 0 Å². The Bertz CT molecular complexity index is 785. The number of nitrogens with zero attached hydrogens (tertiary/aromatic N) is 2. The molecule has 4 heteroatoms. The van der Waals surface area contributed by atoms with E-state index in [0.29, 0.717) is 12.1 Å². The maximum Gasteiger partial charge on any atom is 0.260 e. The number of carbonyl (C=O) groups excluding carboxylic acids is 1. The number of carbonyl (C=O) groups is 1. The Kier molecular flexibility index (Phi) is 5.63. The van der Waals surface area contributed by atoms with Crippen molar-refractivity contribution in [1.82, 2.24) is 9.80 Å². The second-order valence-corrected chi connectivity index (χ2v) is 7.96. The van der Waals surface area contributed by atoms with Gasteiger partial charge < -0.3 is 9.64 Å². The van der Waals surface area contributed by atoms with E-state index in [1.54, 1.807) is 0 Å². The van der Waals surface area contributed by atoms with Gasteiger partial charge >= 0.3 is 0 Å². The Morgan fingerprint density at radius 3 is 2.59 bits per heavy atom. The van der Waals surface area contributed by atoms with Crippen LogP contribution in [-0.2, 0) is 4.79 Å². The second kappa shape index (κ2) is 8.30. The fraction of sp³-hybridized carbons (Fsp3) is 0.522. The fourth-order valence-electron chi connectivity index (χ4n) is 4.73. The van der Waals surface area contributed by atoms with Crippen LogP contribution in [0, 0.1) is 0 Å². The Morgan fingerprint density at radius 2 is 1.78 bits per heavy atom. The number of hydrogen-bond acceptors (Lipinski definition) is 3. The molecule has 2 fully saturated rings. The molecular formula is C23H30N2O2. The molecule has 0 spiro atoms. The van der Waals surface area contributed by atoms with E-state index in [4.69, 9.17) is 4.74 Å². The van der Waals surface area contributed by atoms with Crippen LogP contribution in [0.25, 0.3) is 10.8 Å². The molecule has 2 aromatic carbocycles. The number of hydrogen-bond donors (Lipinski definition) is 0. The molecule has 2 unspecified atom stereocenters. The van der Waals surface area contributed by atoms with Crippen molar-refractivity contribution in [3.8, 4) is 5.75 Å². The van der Waals surface area contributed by atoms with Gasteiger partial charge in [-0.3, -0.25) is 9.69 Å². The third kappa shape index (κ3) is 4.11. The lowest BCUT2D eigenvalue weighted by molar-refractivity contribution is -0.136. The highest BCUT2D eigenvalue weighted by Gasteiger charge is 2.35. The van der Waals surface area contributed by atoms with E-state index in [-0.39, 0.29) is 12.5 Å². The molecule has 4 rings (SSSR count). The predicted octanol–water partition coefficient (Wildman–Crippen LogP) is 4.08. The van der Waals surface area contributed by atoms with Gasteiger partial charge in [0, 0.05) is 19.1 Å². The first-order valence-electron chi connectivity index (χ1n) is 10.3. The number of fused-ring (bicyclic) bond motifs is 1. The number of benzene rings is 2. The summed E-state index contributed by atoms with van der Waals surface area (Å²) in [5.41, 5.74) is 0. The van der Waals surface area contributed by atoms with Crippen LogP contribution in [0.3, 0.4) is 0 Å². The molecule has 2 aromatic rings. The molecule has 1 aliphatic carbocycles. The zero-order chi connectivity index (χ0) is 18.6. The highest BCUT2D eigenvalue weighted by Crippen LogP contribution is 2.29. The number of amides is 1.